The van der Waals surface area contributed by atoms with Gasteiger partial charge in [-0.05, 0) is 30.7 Å². The monoisotopic (exact) mass is 548 g/mol. The van der Waals surface area contributed by atoms with E-state index < -0.39 is 4.92 Å². The zero-order chi connectivity index (χ0) is 24.4. The Morgan fingerprint density at radius 2 is 1.94 bits per heavy atom. The van der Waals surface area contributed by atoms with Crippen molar-refractivity contribution in [2.75, 3.05) is 51.4 Å². The van der Waals surface area contributed by atoms with Crippen LogP contribution in [0.5, 0.6) is 5.75 Å². The summed E-state index contributed by atoms with van der Waals surface area (Å²) in [7, 11) is 1.61. The minimum Gasteiger partial charge on any atom is -0.497 e. The molecule has 12 heteroatoms. The number of ether oxygens (including phenoxy) is 2. The number of rotatable bonds is 8. The number of benzene rings is 2. The predicted octanol–water partition coefficient (Wildman–Crippen LogP) is 5.22. The molecule has 1 aliphatic heterocycles. The normalized spacial score (nSPS) is 14.0. The van der Waals surface area contributed by atoms with Gasteiger partial charge in [0.25, 0.3) is 11.6 Å². The van der Waals surface area contributed by atoms with E-state index in [1.165, 1.54) is 34.8 Å². The Labute approximate surface area is 221 Å². The lowest BCUT2D eigenvalue weighted by Crippen LogP contribution is -2.39. The summed E-state index contributed by atoms with van der Waals surface area (Å²) in [4.78, 5) is 33.8. The Morgan fingerprint density at radius 3 is 2.69 bits per heavy atom. The van der Waals surface area contributed by atoms with Crippen molar-refractivity contribution in [2.24, 2.45) is 0 Å². The van der Waals surface area contributed by atoms with E-state index in [0.29, 0.717) is 27.7 Å². The van der Waals surface area contributed by atoms with Crippen LogP contribution in [0.3, 0.4) is 0 Å². The molecular formula is C24H25ClN4O5S2. The van der Waals surface area contributed by atoms with Crippen LogP contribution >= 0.6 is 35.1 Å². The maximum Gasteiger partial charge on any atom is 0.270 e. The third-order valence-electron chi connectivity index (χ3n) is 5.94. The maximum absolute atomic E-state index is 13.7. The van der Waals surface area contributed by atoms with Gasteiger partial charge in [-0.3, -0.25) is 24.7 Å². The van der Waals surface area contributed by atoms with Gasteiger partial charge in [0.05, 0.1) is 40.3 Å². The zero-order valence-corrected chi connectivity index (χ0v) is 22.0. The second-order valence-corrected chi connectivity index (χ2v) is 10.3. The van der Waals surface area contributed by atoms with Crippen molar-refractivity contribution < 1.29 is 19.2 Å². The molecule has 0 aliphatic carbocycles. The maximum atomic E-state index is 13.7. The number of nitro groups is 1. The van der Waals surface area contributed by atoms with E-state index in [-0.39, 0.29) is 24.0 Å². The van der Waals surface area contributed by atoms with E-state index in [0.717, 1.165) is 54.2 Å². The van der Waals surface area contributed by atoms with Gasteiger partial charge < -0.3 is 9.47 Å². The van der Waals surface area contributed by atoms with E-state index in [4.69, 9.17) is 14.5 Å². The molecule has 0 saturated carbocycles. The predicted molar refractivity (Wildman–Crippen MR) is 145 cm³/mol. The van der Waals surface area contributed by atoms with E-state index in [9.17, 15) is 14.9 Å². The van der Waals surface area contributed by atoms with Gasteiger partial charge in [0.1, 0.15) is 5.75 Å². The molecule has 5 rings (SSSR count). The third kappa shape index (κ3) is 5.60. The Bertz CT molecular complexity index is 1390. The highest BCUT2D eigenvalue weighted by Crippen LogP contribution is 2.34. The molecule has 1 amide bonds. The Kier molecular flexibility index (Phi) is 8.37. The molecule has 3 heterocycles. The number of nitrogens with zero attached hydrogens (tertiary/aromatic N) is 4. The number of morpholine rings is 1. The van der Waals surface area contributed by atoms with Crippen LogP contribution in [0, 0.1) is 10.1 Å². The number of non-ortho nitro benzene ring substituents is 1. The van der Waals surface area contributed by atoms with Crippen molar-refractivity contribution in [2.45, 2.75) is 6.42 Å². The van der Waals surface area contributed by atoms with Crippen LogP contribution in [0.1, 0.15) is 16.1 Å². The largest absolute Gasteiger partial charge is 0.497 e. The molecule has 36 heavy (non-hydrogen) atoms. The van der Waals surface area contributed by atoms with Crippen LogP contribution in [-0.2, 0) is 4.74 Å². The molecule has 190 valence electrons. The molecule has 0 atom stereocenters. The van der Waals surface area contributed by atoms with Crippen LogP contribution in [0.15, 0.2) is 42.5 Å². The number of halogens is 1. The van der Waals surface area contributed by atoms with Crippen molar-refractivity contribution in [3.8, 4) is 5.75 Å². The molecule has 4 aromatic rings. The van der Waals surface area contributed by atoms with Gasteiger partial charge >= 0.3 is 0 Å². The number of carbonyl (C=O) groups excluding carboxylic acids is 1. The van der Waals surface area contributed by atoms with E-state index >= 15 is 0 Å². The summed E-state index contributed by atoms with van der Waals surface area (Å²) in [6, 6.07) is 12.1. The lowest BCUT2D eigenvalue weighted by Gasteiger charge is -2.27. The first-order valence-electron chi connectivity index (χ1n) is 11.3. The Hall–Kier alpha value is -2.83. The average molecular weight is 549 g/mol. The number of hydrogen-bond acceptors (Lipinski definition) is 9. The molecule has 9 nitrogen and oxygen atoms in total. The van der Waals surface area contributed by atoms with Gasteiger partial charge in [-0.15, -0.1) is 23.7 Å². The van der Waals surface area contributed by atoms with Crippen molar-refractivity contribution in [3.05, 3.63) is 57.5 Å². The van der Waals surface area contributed by atoms with Crippen LogP contribution in [0.4, 0.5) is 10.8 Å². The first-order valence-corrected chi connectivity index (χ1v) is 12.9. The fraction of sp³-hybridized carbons (Fsp3) is 0.333. The number of amides is 1. The molecule has 0 N–H and O–H groups in total. The lowest BCUT2D eigenvalue weighted by molar-refractivity contribution is -0.384. The number of nitro benzene ring substituents is 1. The van der Waals surface area contributed by atoms with Crippen LogP contribution in [-0.4, -0.2) is 67.2 Å². The summed E-state index contributed by atoms with van der Waals surface area (Å²) in [5, 5.41) is 12.5. The molecule has 1 fully saturated rings. The Balaban J connectivity index is 0.00000304. The number of carbonyl (C=O) groups is 1. The second-order valence-electron chi connectivity index (χ2n) is 8.18. The van der Waals surface area contributed by atoms with Crippen LogP contribution in [0.2, 0.25) is 0 Å². The first kappa shape index (κ1) is 26.2. The topological polar surface area (TPSA) is 98.0 Å². The number of hydrogen-bond donors (Lipinski definition) is 0. The highest BCUT2D eigenvalue weighted by atomic mass is 35.5. The zero-order valence-electron chi connectivity index (χ0n) is 19.5. The molecule has 0 radical (unpaired) electrons. The summed E-state index contributed by atoms with van der Waals surface area (Å²) >= 11 is 2.81. The summed E-state index contributed by atoms with van der Waals surface area (Å²) in [5.74, 6) is 0.562. The summed E-state index contributed by atoms with van der Waals surface area (Å²) < 4.78 is 12.6. The highest BCUT2D eigenvalue weighted by Gasteiger charge is 2.24. The summed E-state index contributed by atoms with van der Waals surface area (Å²) in [5.41, 5.74) is 0.791. The Morgan fingerprint density at radius 1 is 1.17 bits per heavy atom. The van der Waals surface area contributed by atoms with Gasteiger partial charge in [-0.25, -0.2) is 4.98 Å². The van der Waals surface area contributed by atoms with Crippen molar-refractivity contribution in [1.82, 2.24) is 9.88 Å². The quantitative estimate of drug-likeness (QED) is 0.220. The number of thiazole rings is 1. The number of aromatic nitrogens is 1. The fourth-order valence-electron chi connectivity index (χ4n) is 4.08. The molecule has 0 spiro atoms. The molecule has 0 unspecified atom stereocenters. The van der Waals surface area contributed by atoms with E-state index in [1.807, 2.05) is 18.2 Å². The molecule has 2 aromatic heterocycles. The first-order chi connectivity index (χ1) is 17.0. The molecule has 0 bridgehead atoms. The molecular weight excluding hydrogens is 524 g/mol. The van der Waals surface area contributed by atoms with E-state index in [1.54, 1.807) is 24.1 Å². The number of thiophene rings is 1. The molecule has 1 saturated heterocycles. The summed E-state index contributed by atoms with van der Waals surface area (Å²) in [6.07, 6.45) is 0.793. The average Bonchev–Trinajstić information content (AvgIpc) is 3.50. The van der Waals surface area contributed by atoms with Crippen molar-refractivity contribution in [3.63, 3.8) is 0 Å². The minimum atomic E-state index is -0.425. The van der Waals surface area contributed by atoms with Gasteiger partial charge in [0.2, 0.25) is 0 Å². The second kappa shape index (κ2) is 11.5. The smallest absolute Gasteiger partial charge is 0.270 e. The third-order valence-corrected chi connectivity index (χ3v) is 8.10. The van der Waals surface area contributed by atoms with Gasteiger partial charge in [-0.1, -0.05) is 11.3 Å². The summed E-state index contributed by atoms with van der Waals surface area (Å²) in [6.45, 7) is 4.63. The van der Waals surface area contributed by atoms with Crippen LogP contribution < -0.4 is 9.64 Å². The lowest BCUT2D eigenvalue weighted by atomic mass is 10.2. The van der Waals surface area contributed by atoms with Gasteiger partial charge in [-0.2, -0.15) is 0 Å². The van der Waals surface area contributed by atoms with Gasteiger partial charge in [0, 0.05) is 54.5 Å². The standard InChI is InChI=1S/C24H24N4O5S2.ClH/c1-32-18-4-6-21-19(15-18)25-24(35-21)27(8-2-7-26-9-11-33-12-10-26)23(29)22-14-16-13-17(28(30)31)3-5-20(16)34-22;/h3-6,13-15H,2,7-12H2,1H3;1H. The minimum absolute atomic E-state index is 0. The van der Waals surface area contributed by atoms with Crippen LogP contribution in [0.25, 0.3) is 20.3 Å². The molecule has 1 aliphatic rings. The number of methoxy groups -OCH3 is 1. The molecule has 2 aromatic carbocycles. The number of anilines is 1. The van der Waals surface area contributed by atoms with Crippen molar-refractivity contribution in [1.29, 1.82) is 0 Å². The van der Waals surface area contributed by atoms with Crippen molar-refractivity contribution >= 4 is 72.1 Å². The highest BCUT2D eigenvalue weighted by molar-refractivity contribution is 7.23. The fourth-order valence-corrected chi connectivity index (χ4v) is 6.04. The van der Waals surface area contributed by atoms with E-state index in [2.05, 4.69) is 4.90 Å². The SMILES string of the molecule is COc1ccc2sc(N(CCCN3CCOCC3)C(=O)c3cc4cc([N+](=O)[O-])ccc4s3)nc2c1.Cl. The van der Waals surface area contributed by atoms with Gasteiger partial charge in [0.15, 0.2) is 5.13 Å². The number of fused-ring (bicyclic) bond motifs is 2.